The van der Waals surface area contributed by atoms with E-state index in [1.807, 2.05) is 4.57 Å². The van der Waals surface area contributed by atoms with Gasteiger partial charge >= 0.3 is 0 Å². The molecule has 2 nitrogen and oxygen atoms in total. The normalized spacial score (nSPS) is 13.4. The van der Waals surface area contributed by atoms with E-state index in [-0.39, 0.29) is 5.82 Å². The van der Waals surface area contributed by atoms with Gasteiger partial charge in [0.25, 0.3) is 0 Å². The third kappa shape index (κ3) is 2.52. The number of benzene rings is 1. The van der Waals surface area contributed by atoms with E-state index in [0.29, 0.717) is 21.1 Å². The molecule has 98 valence electrons. The van der Waals surface area contributed by atoms with E-state index < -0.39 is 0 Å². The van der Waals surface area contributed by atoms with Gasteiger partial charge in [-0.25, -0.2) is 4.39 Å². The highest BCUT2D eigenvalue weighted by Gasteiger charge is 2.13. The van der Waals surface area contributed by atoms with Crippen LogP contribution in [0.25, 0.3) is 11.0 Å². The Bertz CT molecular complexity index is 630. The quantitative estimate of drug-likeness (QED) is 0.794. The topological polar surface area (TPSA) is 20.7 Å². The molecule has 1 unspecified atom stereocenters. The molecule has 5 heteroatoms. The van der Waals surface area contributed by atoms with Gasteiger partial charge in [-0.3, -0.25) is 0 Å². The number of aromatic amines is 1. The zero-order chi connectivity index (χ0) is 13.4. The Morgan fingerprint density at radius 2 is 2.06 bits per heavy atom. The van der Waals surface area contributed by atoms with Gasteiger partial charge in [0.05, 0.1) is 15.5 Å². The highest BCUT2D eigenvalue weighted by Crippen LogP contribution is 2.24. The second kappa shape index (κ2) is 5.13. The molecule has 0 aliphatic heterocycles. The van der Waals surface area contributed by atoms with Crippen LogP contribution in [0.1, 0.15) is 20.8 Å². The van der Waals surface area contributed by atoms with Crippen LogP contribution in [0.4, 0.5) is 4.39 Å². The molecule has 2 aromatic rings. The molecule has 0 saturated carbocycles. The molecule has 0 spiro atoms. The standard InChI is InChI=1S/C13H16BrFN2S/c1-7(2)8(3)6-17-12-4-9(14)10(15)5-11(12)16-13(17)18/h4-5,7-8H,6H2,1-3H3,(H,16,18). The van der Waals surface area contributed by atoms with E-state index in [9.17, 15) is 4.39 Å². The summed E-state index contributed by atoms with van der Waals surface area (Å²) in [5.41, 5.74) is 1.69. The van der Waals surface area contributed by atoms with E-state index in [1.165, 1.54) is 6.07 Å². The lowest BCUT2D eigenvalue weighted by atomic mass is 9.98. The van der Waals surface area contributed by atoms with Crippen LogP contribution >= 0.6 is 28.1 Å². The zero-order valence-electron chi connectivity index (χ0n) is 10.6. The van der Waals surface area contributed by atoms with Crippen LogP contribution in [0.5, 0.6) is 0 Å². The summed E-state index contributed by atoms with van der Waals surface area (Å²) in [6.07, 6.45) is 0. The zero-order valence-corrected chi connectivity index (χ0v) is 13.0. The van der Waals surface area contributed by atoms with Crippen molar-refractivity contribution in [3.63, 3.8) is 0 Å². The van der Waals surface area contributed by atoms with E-state index >= 15 is 0 Å². The number of imidazole rings is 1. The van der Waals surface area contributed by atoms with Crippen molar-refractivity contribution in [2.24, 2.45) is 11.8 Å². The fourth-order valence-corrected chi connectivity index (χ4v) is 2.45. The molecule has 18 heavy (non-hydrogen) atoms. The maximum Gasteiger partial charge on any atom is 0.178 e. The minimum Gasteiger partial charge on any atom is -0.330 e. The van der Waals surface area contributed by atoms with Gasteiger partial charge in [0, 0.05) is 12.6 Å². The summed E-state index contributed by atoms with van der Waals surface area (Å²) in [7, 11) is 0. The molecule has 0 saturated heterocycles. The van der Waals surface area contributed by atoms with Crippen LogP contribution in [-0.2, 0) is 6.54 Å². The number of hydrogen-bond acceptors (Lipinski definition) is 1. The van der Waals surface area contributed by atoms with Crippen molar-refractivity contribution in [3.8, 4) is 0 Å². The van der Waals surface area contributed by atoms with Gasteiger partial charge in [0.15, 0.2) is 4.77 Å². The smallest absolute Gasteiger partial charge is 0.178 e. The fourth-order valence-electron chi connectivity index (χ4n) is 1.83. The largest absolute Gasteiger partial charge is 0.330 e. The Labute approximate surface area is 119 Å². The molecule has 0 bridgehead atoms. The van der Waals surface area contributed by atoms with Crippen molar-refractivity contribution in [2.75, 3.05) is 0 Å². The molecule has 0 aliphatic carbocycles. The number of halogens is 2. The third-order valence-electron chi connectivity index (χ3n) is 3.42. The lowest BCUT2D eigenvalue weighted by Crippen LogP contribution is -2.13. The van der Waals surface area contributed by atoms with Gasteiger partial charge in [-0.2, -0.15) is 0 Å². The van der Waals surface area contributed by atoms with Crippen molar-refractivity contribution in [2.45, 2.75) is 27.3 Å². The van der Waals surface area contributed by atoms with E-state index in [4.69, 9.17) is 12.2 Å². The maximum absolute atomic E-state index is 13.5. The van der Waals surface area contributed by atoms with Gasteiger partial charge in [0.1, 0.15) is 5.82 Å². The Kier molecular flexibility index (Phi) is 3.92. The molecule has 0 aliphatic rings. The van der Waals surface area contributed by atoms with Crippen LogP contribution in [0.15, 0.2) is 16.6 Å². The first-order valence-electron chi connectivity index (χ1n) is 5.97. The number of fused-ring (bicyclic) bond motifs is 1. The van der Waals surface area contributed by atoms with Crippen LogP contribution in [0.3, 0.4) is 0 Å². The third-order valence-corrected chi connectivity index (χ3v) is 4.35. The molecule has 1 heterocycles. The van der Waals surface area contributed by atoms with Gasteiger partial charge < -0.3 is 9.55 Å². The Hall–Kier alpha value is -0.680. The van der Waals surface area contributed by atoms with Crippen molar-refractivity contribution in [1.29, 1.82) is 0 Å². The van der Waals surface area contributed by atoms with E-state index in [2.05, 4.69) is 41.7 Å². The van der Waals surface area contributed by atoms with Crippen LogP contribution in [0.2, 0.25) is 0 Å². The van der Waals surface area contributed by atoms with Crippen molar-refractivity contribution >= 4 is 39.2 Å². The number of nitrogens with one attached hydrogen (secondary N) is 1. The van der Waals surface area contributed by atoms with Gasteiger partial charge in [-0.05, 0) is 46.0 Å². The highest BCUT2D eigenvalue weighted by atomic mass is 79.9. The Balaban J connectivity index is 2.53. The maximum atomic E-state index is 13.5. The second-order valence-corrected chi connectivity index (χ2v) is 6.29. The minimum absolute atomic E-state index is 0.275. The molecule has 1 aromatic heterocycles. The predicted octanol–water partition coefficient (Wildman–Crippen LogP) is 4.89. The number of aromatic nitrogens is 2. The lowest BCUT2D eigenvalue weighted by Gasteiger charge is -2.16. The first kappa shape index (κ1) is 13.7. The monoisotopic (exact) mass is 330 g/mol. The molecule has 1 aromatic carbocycles. The summed E-state index contributed by atoms with van der Waals surface area (Å²) in [5, 5.41) is 0. The predicted molar refractivity (Wildman–Crippen MR) is 78.8 cm³/mol. The molecule has 2 rings (SSSR count). The first-order chi connectivity index (χ1) is 8.40. The van der Waals surface area contributed by atoms with Gasteiger partial charge in [-0.15, -0.1) is 0 Å². The molecule has 1 N–H and O–H groups in total. The minimum atomic E-state index is -0.275. The average molecular weight is 331 g/mol. The average Bonchev–Trinajstić information content (AvgIpc) is 2.56. The van der Waals surface area contributed by atoms with Crippen molar-refractivity contribution in [1.82, 2.24) is 9.55 Å². The fraction of sp³-hybridized carbons (Fsp3) is 0.462. The molecule has 0 radical (unpaired) electrons. The molecule has 0 fully saturated rings. The van der Waals surface area contributed by atoms with E-state index in [0.717, 1.165) is 17.6 Å². The lowest BCUT2D eigenvalue weighted by molar-refractivity contribution is 0.367. The summed E-state index contributed by atoms with van der Waals surface area (Å²) >= 11 is 8.53. The summed E-state index contributed by atoms with van der Waals surface area (Å²) in [5.74, 6) is 0.822. The number of rotatable bonds is 3. The molecular formula is C13H16BrFN2S. The SMILES string of the molecule is CC(C)C(C)Cn1c(=S)[nH]c2cc(F)c(Br)cc21. The summed E-state index contributed by atoms with van der Waals surface area (Å²) in [4.78, 5) is 3.06. The number of H-pyrrole nitrogens is 1. The van der Waals surface area contributed by atoms with Crippen LogP contribution < -0.4 is 0 Å². The van der Waals surface area contributed by atoms with Crippen LogP contribution in [0, 0.1) is 22.4 Å². The number of hydrogen-bond donors (Lipinski definition) is 1. The van der Waals surface area contributed by atoms with Crippen molar-refractivity contribution in [3.05, 3.63) is 27.2 Å². The van der Waals surface area contributed by atoms with Crippen molar-refractivity contribution < 1.29 is 4.39 Å². The molecular weight excluding hydrogens is 315 g/mol. The van der Waals surface area contributed by atoms with Gasteiger partial charge in [0.2, 0.25) is 0 Å². The summed E-state index contributed by atoms with van der Waals surface area (Å²) < 4.78 is 16.6. The van der Waals surface area contributed by atoms with E-state index in [1.54, 1.807) is 6.07 Å². The second-order valence-electron chi connectivity index (χ2n) is 5.05. The highest BCUT2D eigenvalue weighted by molar-refractivity contribution is 9.10. The molecule has 1 atom stereocenters. The summed E-state index contributed by atoms with van der Waals surface area (Å²) in [6.45, 7) is 7.43. The number of nitrogens with zero attached hydrogens (tertiary/aromatic N) is 1. The van der Waals surface area contributed by atoms with Crippen LogP contribution in [-0.4, -0.2) is 9.55 Å². The summed E-state index contributed by atoms with van der Waals surface area (Å²) in [6, 6.07) is 3.26. The Morgan fingerprint density at radius 3 is 2.67 bits per heavy atom. The Morgan fingerprint density at radius 1 is 1.39 bits per heavy atom. The molecule has 0 amide bonds. The van der Waals surface area contributed by atoms with Gasteiger partial charge in [-0.1, -0.05) is 20.8 Å². The first-order valence-corrected chi connectivity index (χ1v) is 7.18.